The van der Waals surface area contributed by atoms with Crippen LogP contribution in [0.5, 0.6) is 0 Å². The number of carbonyl (C=O) groups excluding carboxylic acids is 3. The summed E-state index contributed by atoms with van der Waals surface area (Å²) in [6, 6.07) is 13.5. The number of esters is 2. The third kappa shape index (κ3) is 4.03. The van der Waals surface area contributed by atoms with Crippen molar-refractivity contribution in [2.45, 2.75) is 35.9 Å². The van der Waals surface area contributed by atoms with E-state index in [0.717, 1.165) is 17.0 Å². The van der Waals surface area contributed by atoms with Gasteiger partial charge in [-0.3, -0.25) is 24.6 Å². The van der Waals surface area contributed by atoms with Crippen molar-refractivity contribution in [3.63, 3.8) is 0 Å². The van der Waals surface area contributed by atoms with Gasteiger partial charge in [0.1, 0.15) is 29.2 Å². The summed E-state index contributed by atoms with van der Waals surface area (Å²) in [6.07, 6.45) is 0.749. The standard InChI is InChI=1S/C26H19BrN4O7S/c1-14(32)38-21(19-11-29-10-16-4-2-3-5-18(16)22(29)28-19)26(27)24(34)30-20(13-39-25(26)30)23(33)37-12-15-6-8-17(9-7-15)31(35)36/h2-9,11,13,21,25H,10,12H2,1H3/t21?,25-,26-/m0/s1. The number of hydrogen-bond acceptors (Lipinski definition) is 9. The van der Waals surface area contributed by atoms with Gasteiger partial charge in [-0.15, -0.1) is 11.8 Å². The molecule has 0 radical (unpaired) electrons. The maximum atomic E-state index is 13.6. The second-order valence-corrected chi connectivity index (χ2v) is 11.5. The van der Waals surface area contributed by atoms with Crippen LogP contribution >= 0.6 is 27.7 Å². The van der Waals surface area contributed by atoms with Gasteiger partial charge in [-0.1, -0.05) is 40.2 Å². The Bertz CT molecular complexity index is 1590. The van der Waals surface area contributed by atoms with Crippen LogP contribution in [0.15, 0.2) is 65.8 Å². The molecular formula is C26H19BrN4O7S. The molecule has 1 unspecified atom stereocenters. The molecule has 0 saturated carbocycles. The number of halogens is 1. The number of carbonyl (C=O) groups is 3. The SMILES string of the molecule is CC(=O)OC(c1cn2c(n1)-c1ccccc1C2)[C@]1(Br)C(=O)N2C(C(=O)OCc3ccc([N+](=O)[O-])cc3)=CS[C@H]21. The Kier molecular flexibility index (Phi) is 6.07. The molecule has 3 atom stereocenters. The van der Waals surface area contributed by atoms with E-state index in [4.69, 9.17) is 14.5 Å². The van der Waals surface area contributed by atoms with E-state index < -0.39 is 38.6 Å². The van der Waals surface area contributed by atoms with Gasteiger partial charge in [-0.05, 0) is 23.3 Å². The summed E-state index contributed by atoms with van der Waals surface area (Å²) in [7, 11) is 0. The Hall–Kier alpha value is -3.97. The number of imidazole rings is 1. The minimum absolute atomic E-state index is 0.0647. The van der Waals surface area contributed by atoms with Crippen LogP contribution < -0.4 is 0 Å². The largest absolute Gasteiger partial charge is 0.456 e. The van der Waals surface area contributed by atoms with Crippen molar-refractivity contribution in [3.05, 3.63) is 92.8 Å². The summed E-state index contributed by atoms with van der Waals surface area (Å²) >= 11 is 4.80. The Labute approximate surface area is 234 Å². The zero-order chi connectivity index (χ0) is 27.5. The van der Waals surface area contributed by atoms with Crippen molar-refractivity contribution in [1.82, 2.24) is 14.5 Å². The summed E-state index contributed by atoms with van der Waals surface area (Å²) in [5.41, 5.74) is 3.08. The topological polar surface area (TPSA) is 134 Å². The first kappa shape index (κ1) is 25.3. The molecule has 6 rings (SSSR count). The van der Waals surface area contributed by atoms with Gasteiger partial charge < -0.3 is 14.0 Å². The Morgan fingerprint density at radius 3 is 2.72 bits per heavy atom. The van der Waals surface area contributed by atoms with Gasteiger partial charge >= 0.3 is 11.9 Å². The summed E-state index contributed by atoms with van der Waals surface area (Å²) in [5, 5.41) is 11.8. The second kappa shape index (κ2) is 9.35. The summed E-state index contributed by atoms with van der Waals surface area (Å²) < 4.78 is 11.6. The number of non-ortho nitro benzene ring substituents is 1. The molecular weight excluding hydrogens is 592 g/mol. The molecule has 0 spiro atoms. The van der Waals surface area contributed by atoms with E-state index in [2.05, 4.69) is 15.9 Å². The number of nitrogens with zero attached hydrogens (tertiary/aromatic N) is 4. The number of β-lactam (4-membered cyclic amide) rings is 1. The molecule has 3 aromatic rings. The molecule has 0 bridgehead atoms. The van der Waals surface area contributed by atoms with Gasteiger partial charge in [-0.2, -0.15) is 0 Å². The van der Waals surface area contributed by atoms with Crippen LogP contribution in [0.25, 0.3) is 11.4 Å². The number of nitro benzene ring substituents is 1. The van der Waals surface area contributed by atoms with E-state index >= 15 is 0 Å². The van der Waals surface area contributed by atoms with E-state index in [1.807, 2.05) is 28.8 Å². The Morgan fingerprint density at radius 1 is 1.26 bits per heavy atom. The van der Waals surface area contributed by atoms with Crippen molar-refractivity contribution in [3.8, 4) is 11.4 Å². The number of alkyl halides is 1. The Balaban J connectivity index is 1.20. The number of amides is 1. The molecule has 13 heteroatoms. The van der Waals surface area contributed by atoms with Gasteiger partial charge in [0.15, 0.2) is 10.4 Å². The van der Waals surface area contributed by atoms with Crippen LogP contribution in [-0.2, 0) is 37.0 Å². The van der Waals surface area contributed by atoms with Gasteiger partial charge in [0.2, 0.25) is 0 Å². The van der Waals surface area contributed by atoms with Gasteiger partial charge in [0.05, 0.1) is 4.92 Å². The van der Waals surface area contributed by atoms with E-state index in [9.17, 15) is 24.5 Å². The molecule has 2 aromatic carbocycles. The van der Waals surface area contributed by atoms with E-state index in [0.29, 0.717) is 17.8 Å². The summed E-state index contributed by atoms with van der Waals surface area (Å²) in [6.45, 7) is 1.76. The highest BCUT2D eigenvalue weighted by Gasteiger charge is 2.69. The van der Waals surface area contributed by atoms with E-state index in [1.54, 1.807) is 6.20 Å². The zero-order valence-corrected chi connectivity index (χ0v) is 22.7. The molecule has 0 aliphatic carbocycles. The lowest BCUT2D eigenvalue weighted by Gasteiger charge is -2.51. The average molecular weight is 611 g/mol. The minimum Gasteiger partial charge on any atom is -0.456 e. The monoisotopic (exact) mass is 610 g/mol. The first-order valence-electron chi connectivity index (χ1n) is 11.8. The molecule has 39 heavy (non-hydrogen) atoms. The molecule has 3 aliphatic rings. The fourth-order valence-corrected chi connectivity index (χ4v) is 7.18. The second-order valence-electron chi connectivity index (χ2n) is 9.20. The zero-order valence-electron chi connectivity index (χ0n) is 20.3. The normalized spacial score (nSPS) is 21.3. The van der Waals surface area contributed by atoms with Crippen molar-refractivity contribution in [1.29, 1.82) is 0 Å². The van der Waals surface area contributed by atoms with Crippen LogP contribution in [0.3, 0.4) is 0 Å². The molecule has 198 valence electrons. The van der Waals surface area contributed by atoms with E-state index in [1.165, 1.54) is 53.3 Å². The van der Waals surface area contributed by atoms with Crippen molar-refractivity contribution in [2.75, 3.05) is 0 Å². The number of hydrogen-bond donors (Lipinski definition) is 0. The summed E-state index contributed by atoms with van der Waals surface area (Å²) in [5.74, 6) is -1.02. The van der Waals surface area contributed by atoms with Crippen LogP contribution in [0.2, 0.25) is 0 Å². The average Bonchev–Trinajstić information content (AvgIpc) is 3.62. The van der Waals surface area contributed by atoms with Gasteiger partial charge in [0, 0.05) is 42.8 Å². The molecule has 0 N–H and O–H groups in total. The number of nitro groups is 1. The van der Waals surface area contributed by atoms with Crippen LogP contribution in [0.4, 0.5) is 5.69 Å². The maximum absolute atomic E-state index is 13.6. The molecule has 1 saturated heterocycles. The van der Waals surface area contributed by atoms with Crippen molar-refractivity contribution >= 4 is 51.2 Å². The van der Waals surface area contributed by atoms with Crippen LogP contribution in [0.1, 0.15) is 29.8 Å². The van der Waals surface area contributed by atoms with Crippen LogP contribution in [0, 0.1) is 10.1 Å². The predicted molar refractivity (Wildman–Crippen MR) is 142 cm³/mol. The number of fused-ring (bicyclic) bond motifs is 4. The smallest absolute Gasteiger partial charge is 0.355 e. The van der Waals surface area contributed by atoms with Gasteiger partial charge in [-0.25, -0.2) is 9.78 Å². The first-order chi connectivity index (χ1) is 18.7. The summed E-state index contributed by atoms with van der Waals surface area (Å²) in [4.78, 5) is 54.9. The number of benzene rings is 2. The molecule has 1 amide bonds. The molecule has 3 aliphatic heterocycles. The number of rotatable bonds is 7. The molecule has 4 heterocycles. The fourth-order valence-electron chi connectivity index (χ4n) is 4.91. The first-order valence-corrected chi connectivity index (χ1v) is 13.5. The highest BCUT2D eigenvalue weighted by molar-refractivity contribution is 9.10. The minimum atomic E-state index is -1.35. The number of thioether (sulfide) groups is 1. The molecule has 11 nitrogen and oxygen atoms in total. The van der Waals surface area contributed by atoms with Gasteiger partial charge in [0.25, 0.3) is 11.6 Å². The van der Waals surface area contributed by atoms with E-state index in [-0.39, 0.29) is 18.0 Å². The van der Waals surface area contributed by atoms with Crippen molar-refractivity contribution < 1.29 is 28.8 Å². The number of aromatic nitrogens is 2. The third-order valence-corrected chi connectivity index (χ3v) is 9.45. The predicted octanol–water partition coefficient (Wildman–Crippen LogP) is 4.06. The molecule has 1 aromatic heterocycles. The Morgan fingerprint density at radius 2 is 2.00 bits per heavy atom. The fraction of sp³-hybridized carbons (Fsp3) is 0.231. The highest BCUT2D eigenvalue weighted by atomic mass is 79.9. The third-order valence-electron chi connectivity index (χ3n) is 6.76. The lowest BCUT2D eigenvalue weighted by atomic mass is 9.89. The maximum Gasteiger partial charge on any atom is 0.355 e. The highest BCUT2D eigenvalue weighted by Crippen LogP contribution is 2.58. The lowest BCUT2D eigenvalue weighted by molar-refractivity contribution is -0.384. The van der Waals surface area contributed by atoms with Crippen molar-refractivity contribution in [2.24, 2.45) is 0 Å². The number of ether oxygens (including phenoxy) is 2. The quantitative estimate of drug-likeness (QED) is 0.0998. The molecule has 1 fully saturated rings. The lowest BCUT2D eigenvalue weighted by Crippen LogP contribution is -2.70. The van der Waals surface area contributed by atoms with Crippen LogP contribution in [-0.4, -0.2) is 46.9 Å².